The molecular formula is C18H15Br2N3S. The lowest BCUT2D eigenvalue weighted by Crippen LogP contribution is -2.17. The number of thioether (sulfide) groups is 1. The van der Waals surface area contributed by atoms with Crippen molar-refractivity contribution in [1.29, 1.82) is 0 Å². The zero-order valence-electron chi connectivity index (χ0n) is 12.9. The molecule has 1 aliphatic heterocycles. The van der Waals surface area contributed by atoms with E-state index in [-0.39, 0.29) is 17.0 Å². The summed E-state index contributed by atoms with van der Waals surface area (Å²) in [7, 11) is 0. The molecule has 0 bridgehead atoms. The molecule has 24 heavy (non-hydrogen) atoms. The molecule has 3 aromatic rings. The Labute approximate surface area is 164 Å². The molecule has 0 spiro atoms. The Morgan fingerprint density at radius 2 is 1.79 bits per heavy atom. The molecule has 3 nitrogen and oxygen atoms in total. The molecule has 0 amide bonds. The Morgan fingerprint density at radius 3 is 2.54 bits per heavy atom. The largest absolute Gasteiger partial charge is 0.290 e. The predicted molar refractivity (Wildman–Crippen MR) is 110 cm³/mol. The third-order valence-electron chi connectivity index (χ3n) is 3.68. The highest BCUT2D eigenvalue weighted by Gasteiger charge is 2.21. The van der Waals surface area contributed by atoms with E-state index in [1.54, 1.807) is 11.8 Å². The quantitative estimate of drug-likeness (QED) is 0.516. The second-order valence-corrected chi connectivity index (χ2v) is 6.95. The molecule has 2 aromatic carbocycles. The van der Waals surface area contributed by atoms with Crippen molar-refractivity contribution in [2.24, 2.45) is 0 Å². The van der Waals surface area contributed by atoms with Crippen molar-refractivity contribution in [1.82, 2.24) is 9.66 Å². The number of aryl methyl sites for hydroxylation is 1. The van der Waals surface area contributed by atoms with Crippen LogP contribution in [0.5, 0.6) is 0 Å². The van der Waals surface area contributed by atoms with Gasteiger partial charge < -0.3 is 0 Å². The Hall–Kier alpha value is -1.50. The SMILES string of the molecule is Br.Cc1cccc(-c2nc3n(c2Br)NC(c2ccccc2)=CS3)c1. The molecule has 0 fully saturated rings. The highest BCUT2D eigenvalue weighted by atomic mass is 79.9. The number of halogens is 2. The Balaban J connectivity index is 0.00000169. The van der Waals surface area contributed by atoms with E-state index in [1.807, 2.05) is 22.9 Å². The minimum Gasteiger partial charge on any atom is -0.290 e. The number of benzene rings is 2. The smallest absolute Gasteiger partial charge is 0.193 e. The van der Waals surface area contributed by atoms with Crippen LogP contribution < -0.4 is 5.43 Å². The Morgan fingerprint density at radius 1 is 1.04 bits per heavy atom. The second kappa shape index (κ2) is 7.17. The van der Waals surface area contributed by atoms with Crippen molar-refractivity contribution in [3.63, 3.8) is 0 Å². The lowest BCUT2D eigenvalue weighted by Gasteiger charge is -2.18. The molecule has 0 atom stereocenters. The standard InChI is InChI=1S/C18H14BrN3S.BrH/c1-12-6-5-9-14(10-12)16-17(19)22-18(20-16)23-11-15(21-22)13-7-3-2-4-8-13;/h2-11,21H,1H3;1H. The van der Waals surface area contributed by atoms with Crippen LogP contribution in [-0.4, -0.2) is 9.66 Å². The van der Waals surface area contributed by atoms with Crippen LogP contribution >= 0.6 is 44.7 Å². The molecule has 0 aliphatic carbocycles. The van der Waals surface area contributed by atoms with Gasteiger partial charge in [0.25, 0.3) is 0 Å². The molecule has 0 radical (unpaired) electrons. The van der Waals surface area contributed by atoms with Crippen LogP contribution in [0.1, 0.15) is 11.1 Å². The topological polar surface area (TPSA) is 29.9 Å². The lowest BCUT2D eigenvalue weighted by molar-refractivity contribution is 0.809. The first kappa shape index (κ1) is 17.3. The van der Waals surface area contributed by atoms with Crippen molar-refractivity contribution in [2.45, 2.75) is 12.1 Å². The monoisotopic (exact) mass is 463 g/mol. The van der Waals surface area contributed by atoms with Gasteiger partial charge in [0, 0.05) is 11.0 Å². The number of rotatable bonds is 2. The zero-order valence-corrected chi connectivity index (χ0v) is 17.0. The van der Waals surface area contributed by atoms with Gasteiger partial charge in [-0.15, -0.1) is 17.0 Å². The maximum Gasteiger partial charge on any atom is 0.193 e. The fraction of sp³-hybridized carbons (Fsp3) is 0.0556. The van der Waals surface area contributed by atoms with Gasteiger partial charge in [-0.25, -0.2) is 9.66 Å². The maximum atomic E-state index is 4.76. The summed E-state index contributed by atoms with van der Waals surface area (Å²) in [5.41, 5.74) is 8.95. The van der Waals surface area contributed by atoms with E-state index in [4.69, 9.17) is 4.98 Å². The molecule has 0 saturated carbocycles. The second-order valence-electron chi connectivity index (χ2n) is 5.37. The lowest BCUT2D eigenvalue weighted by atomic mass is 10.1. The molecule has 0 unspecified atom stereocenters. The first-order valence-corrected chi connectivity index (χ1v) is 8.94. The average molecular weight is 465 g/mol. The number of hydrogen-bond acceptors (Lipinski definition) is 3. The molecule has 6 heteroatoms. The van der Waals surface area contributed by atoms with Crippen LogP contribution in [0, 0.1) is 6.92 Å². The summed E-state index contributed by atoms with van der Waals surface area (Å²) in [5.74, 6) is 0. The van der Waals surface area contributed by atoms with Gasteiger partial charge in [0.15, 0.2) is 5.16 Å². The van der Waals surface area contributed by atoms with Crippen LogP contribution in [0.4, 0.5) is 0 Å². The van der Waals surface area contributed by atoms with E-state index in [0.29, 0.717) is 0 Å². The normalized spacial score (nSPS) is 12.7. The predicted octanol–water partition coefficient (Wildman–Crippen LogP) is 5.85. The Bertz CT molecular complexity index is 904. The number of hydrogen-bond donors (Lipinski definition) is 1. The van der Waals surface area contributed by atoms with E-state index in [2.05, 4.69) is 70.1 Å². The fourth-order valence-electron chi connectivity index (χ4n) is 2.54. The number of aromatic nitrogens is 2. The number of nitrogens with one attached hydrogen (secondary N) is 1. The van der Waals surface area contributed by atoms with Gasteiger partial charge in [0.05, 0.1) is 5.70 Å². The van der Waals surface area contributed by atoms with E-state index < -0.39 is 0 Å². The third kappa shape index (κ3) is 3.18. The Kier molecular flexibility index (Phi) is 5.18. The highest BCUT2D eigenvalue weighted by molar-refractivity contribution is 9.10. The summed E-state index contributed by atoms with van der Waals surface area (Å²) < 4.78 is 2.93. The molecule has 122 valence electrons. The molecule has 2 heterocycles. The van der Waals surface area contributed by atoms with Crippen LogP contribution in [0.15, 0.2) is 69.8 Å². The van der Waals surface area contributed by atoms with Crippen LogP contribution in [0.25, 0.3) is 17.0 Å². The minimum atomic E-state index is 0. The van der Waals surface area contributed by atoms with Gasteiger partial charge in [-0.2, -0.15) is 0 Å². The minimum absolute atomic E-state index is 0. The van der Waals surface area contributed by atoms with E-state index in [1.165, 1.54) is 5.56 Å². The number of imidazole rings is 1. The first-order chi connectivity index (χ1) is 11.2. The van der Waals surface area contributed by atoms with Gasteiger partial charge in [-0.3, -0.25) is 5.43 Å². The van der Waals surface area contributed by atoms with Gasteiger partial charge >= 0.3 is 0 Å². The van der Waals surface area contributed by atoms with Crippen LogP contribution in [-0.2, 0) is 0 Å². The zero-order chi connectivity index (χ0) is 15.8. The summed E-state index contributed by atoms with van der Waals surface area (Å²) in [4.78, 5) is 4.76. The van der Waals surface area contributed by atoms with Gasteiger partial charge in [0.2, 0.25) is 0 Å². The highest BCUT2D eigenvalue weighted by Crippen LogP contribution is 2.36. The summed E-state index contributed by atoms with van der Waals surface area (Å²) >= 11 is 5.32. The van der Waals surface area contributed by atoms with Gasteiger partial charge in [0.1, 0.15) is 10.3 Å². The number of fused-ring (bicyclic) bond motifs is 1. The van der Waals surface area contributed by atoms with Gasteiger partial charge in [-0.1, -0.05) is 65.9 Å². The average Bonchev–Trinajstić information content (AvgIpc) is 2.92. The fourth-order valence-corrected chi connectivity index (χ4v) is 4.03. The van der Waals surface area contributed by atoms with Crippen molar-refractivity contribution >= 4 is 50.4 Å². The summed E-state index contributed by atoms with van der Waals surface area (Å²) in [5, 5.41) is 3.03. The van der Waals surface area contributed by atoms with E-state index in [0.717, 1.165) is 32.3 Å². The van der Waals surface area contributed by atoms with E-state index in [9.17, 15) is 0 Å². The molecule has 0 saturated heterocycles. The number of nitrogens with zero attached hydrogens (tertiary/aromatic N) is 2. The van der Waals surface area contributed by atoms with Crippen LogP contribution in [0.2, 0.25) is 0 Å². The van der Waals surface area contributed by atoms with Gasteiger partial charge in [-0.05, 0) is 34.5 Å². The van der Waals surface area contributed by atoms with Crippen molar-refractivity contribution in [3.05, 3.63) is 75.7 Å². The molecule has 4 rings (SSSR count). The summed E-state index contributed by atoms with van der Waals surface area (Å²) in [6, 6.07) is 18.7. The van der Waals surface area contributed by atoms with Crippen molar-refractivity contribution in [3.8, 4) is 11.3 Å². The van der Waals surface area contributed by atoms with E-state index >= 15 is 0 Å². The molecule has 1 N–H and O–H groups in total. The molecular weight excluding hydrogens is 450 g/mol. The first-order valence-electron chi connectivity index (χ1n) is 7.27. The molecule has 1 aromatic heterocycles. The van der Waals surface area contributed by atoms with Crippen molar-refractivity contribution in [2.75, 3.05) is 5.43 Å². The van der Waals surface area contributed by atoms with Crippen LogP contribution in [0.3, 0.4) is 0 Å². The van der Waals surface area contributed by atoms with Crippen molar-refractivity contribution < 1.29 is 0 Å². The molecule has 1 aliphatic rings. The third-order valence-corrected chi connectivity index (χ3v) is 5.25. The maximum absolute atomic E-state index is 4.76. The summed E-state index contributed by atoms with van der Waals surface area (Å²) in [6.45, 7) is 2.09. The summed E-state index contributed by atoms with van der Waals surface area (Å²) in [6.07, 6.45) is 0.